The van der Waals surface area contributed by atoms with Gasteiger partial charge in [0, 0.05) is 5.41 Å². The molecule has 96 valence electrons. The Kier molecular flexibility index (Phi) is 3.19. The van der Waals surface area contributed by atoms with Gasteiger partial charge in [-0.15, -0.1) is 0 Å². The third kappa shape index (κ3) is 1.77. The maximum Gasteiger partial charge on any atom is 0.162 e. The van der Waals surface area contributed by atoms with E-state index < -0.39 is 6.10 Å². The van der Waals surface area contributed by atoms with Crippen LogP contribution in [-0.2, 0) is 4.79 Å². The van der Waals surface area contributed by atoms with Crippen LogP contribution < -0.4 is 0 Å². The number of rotatable bonds is 1. The molecule has 2 heteroatoms. The molecule has 0 saturated heterocycles. The standard InChI is InChI=1S/C15H24O2/c1-9(2)12-6-5-11(4)15(12)8-13(16)10(3)7-14(15)17/h7,9,11-13,16H,5-6,8H2,1-4H3. The van der Waals surface area contributed by atoms with Gasteiger partial charge in [-0.05, 0) is 55.6 Å². The van der Waals surface area contributed by atoms with E-state index in [1.165, 1.54) is 0 Å². The summed E-state index contributed by atoms with van der Waals surface area (Å²) in [7, 11) is 0. The summed E-state index contributed by atoms with van der Waals surface area (Å²) in [4.78, 5) is 12.5. The molecule has 0 aromatic carbocycles. The van der Waals surface area contributed by atoms with E-state index in [4.69, 9.17) is 0 Å². The zero-order chi connectivity index (χ0) is 12.8. The van der Waals surface area contributed by atoms with Gasteiger partial charge >= 0.3 is 0 Å². The normalized spacial score (nSPS) is 42.4. The van der Waals surface area contributed by atoms with Gasteiger partial charge in [-0.2, -0.15) is 0 Å². The van der Waals surface area contributed by atoms with E-state index in [0.717, 1.165) is 18.4 Å². The second kappa shape index (κ2) is 4.24. The maximum absolute atomic E-state index is 12.5. The van der Waals surface area contributed by atoms with Gasteiger partial charge in [-0.3, -0.25) is 4.79 Å². The van der Waals surface area contributed by atoms with Crippen molar-refractivity contribution in [1.82, 2.24) is 0 Å². The molecule has 0 aromatic heterocycles. The summed E-state index contributed by atoms with van der Waals surface area (Å²) in [5.74, 6) is 1.62. The third-order valence-electron chi connectivity index (χ3n) is 5.13. The van der Waals surface area contributed by atoms with Crippen molar-refractivity contribution < 1.29 is 9.90 Å². The van der Waals surface area contributed by atoms with Crippen molar-refractivity contribution in [2.24, 2.45) is 23.2 Å². The first kappa shape index (κ1) is 12.8. The lowest BCUT2D eigenvalue weighted by Gasteiger charge is -2.43. The molecule has 4 atom stereocenters. The largest absolute Gasteiger partial charge is 0.389 e. The lowest BCUT2D eigenvalue weighted by molar-refractivity contribution is -0.133. The zero-order valence-electron chi connectivity index (χ0n) is 11.4. The molecule has 1 spiro atoms. The monoisotopic (exact) mass is 236 g/mol. The van der Waals surface area contributed by atoms with Crippen LogP contribution in [-0.4, -0.2) is 17.0 Å². The van der Waals surface area contributed by atoms with Gasteiger partial charge in [-0.1, -0.05) is 20.8 Å². The predicted molar refractivity (Wildman–Crippen MR) is 68.5 cm³/mol. The van der Waals surface area contributed by atoms with Crippen LogP contribution in [0.4, 0.5) is 0 Å². The van der Waals surface area contributed by atoms with Crippen LogP contribution in [0.2, 0.25) is 0 Å². The van der Waals surface area contributed by atoms with Gasteiger partial charge in [0.2, 0.25) is 0 Å². The quantitative estimate of drug-likeness (QED) is 0.760. The number of hydrogen-bond donors (Lipinski definition) is 1. The summed E-state index contributed by atoms with van der Waals surface area (Å²) in [6, 6.07) is 0. The van der Waals surface area contributed by atoms with Gasteiger partial charge in [0.1, 0.15) is 0 Å². The highest BCUT2D eigenvalue weighted by Gasteiger charge is 2.55. The number of allylic oxidation sites excluding steroid dienone is 1. The molecule has 4 unspecified atom stereocenters. The molecule has 0 aliphatic heterocycles. The molecule has 1 fully saturated rings. The number of hydrogen-bond acceptors (Lipinski definition) is 2. The first-order chi connectivity index (χ1) is 7.89. The van der Waals surface area contributed by atoms with Crippen LogP contribution in [0, 0.1) is 23.2 Å². The summed E-state index contributed by atoms with van der Waals surface area (Å²) >= 11 is 0. The molecule has 0 amide bonds. The molecule has 0 radical (unpaired) electrons. The Morgan fingerprint density at radius 2 is 2.06 bits per heavy atom. The van der Waals surface area contributed by atoms with Gasteiger partial charge in [0.25, 0.3) is 0 Å². The Hall–Kier alpha value is -0.630. The first-order valence-corrected chi connectivity index (χ1v) is 6.80. The van der Waals surface area contributed by atoms with Crippen LogP contribution in [0.1, 0.15) is 47.0 Å². The lowest BCUT2D eigenvalue weighted by Crippen LogP contribution is -2.46. The van der Waals surface area contributed by atoms with Crippen molar-refractivity contribution in [2.45, 2.75) is 53.1 Å². The van der Waals surface area contributed by atoms with E-state index >= 15 is 0 Å². The van der Waals surface area contributed by atoms with Crippen LogP contribution in [0.3, 0.4) is 0 Å². The minimum atomic E-state index is -0.422. The Bertz CT molecular complexity index is 356. The van der Waals surface area contributed by atoms with Gasteiger partial charge in [0.05, 0.1) is 6.10 Å². The maximum atomic E-state index is 12.5. The van der Waals surface area contributed by atoms with Crippen molar-refractivity contribution in [3.8, 4) is 0 Å². The molecule has 1 N–H and O–H groups in total. The SMILES string of the molecule is CC1=CC(=O)C2(CC1O)C(C)CCC2C(C)C. The van der Waals surface area contributed by atoms with Crippen molar-refractivity contribution >= 4 is 5.78 Å². The molecule has 1 saturated carbocycles. The fraction of sp³-hybridized carbons (Fsp3) is 0.800. The van der Waals surface area contributed by atoms with E-state index in [2.05, 4.69) is 20.8 Å². The molecule has 0 heterocycles. The predicted octanol–water partition coefficient (Wildman–Crippen LogP) is 2.95. The number of aliphatic hydroxyl groups excluding tert-OH is 1. The summed E-state index contributed by atoms with van der Waals surface area (Å²) in [6.07, 6.45) is 4.16. The van der Waals surface area contributed by atoms with Crippen LogP contribution in [0.5, 0.6) is 0 Å². The smallest absolute Gasteiger partial charge is 0.162 e. The molecule has 0 aromatic rings. The number of ketones is 1. The van der Waals surface area contributed by atoms with E-state index in [9.17, 15) is 9.90 Å². The fourth-order valence-electron chi connectivity index (χ4n) is 4.04. The summed E-state index contributed by atoms with van der Waals surface area (Å²) < 4.78 is 0. The minimum absolute atomic E-state index is 0.268. The second-order valence-corrected chi connectivity index (χ2v) is 6.34. The topological polar surface area (TPSA) is 37.3 Å². The molecular formula is C15H24O2. The Morgan fingerprint density at radius 3 is 2.65 bits per heavy atom. The van der Waals surface area contributed by atoms with Crippen molar-refractivity contribution in [3.63, 3.8) is 0 Å². The van der Waals surface area contributed by atoms with Gasteiger partial charge in [-0.25, -0.2) is 0 Å². The summed E-state index contributed by atoms with van der Waals surface area (Å²) in [6.45, 7) is 8.45. The lowest BCUT2D eigenvalue weighted by atomic mass is 9.60. The van der Waals surface area contributed by atoms with Crippen molar-refractivity contribution in [1.29, 1.82) is 0 Å². The molecule has 2 aliphatic rings. The van der Waals surface area contributed by atoms with Gasteiger partial charge < -0.3 is 5.11 Å². The summed E-state index contributed by atoms with van der Waals surface area (Å²) in [5, 5.41) is 10.1. The number of carbonyl (C=O) groups excluding carboxylic acids is 1. The van der Waals surface area contributed by atoms with Gasteiger partial charge in [0.15, 0.2) is 5.78 Å². The molecule has 2 rings (SSSR count). The molecular weight excluding hydrogens is 212 g/mol. The van der Waals surface area contributed by atoms with E-state index in [1.807, 2.05) is 6.92 Å². The highest BCUT2D eigenvalue weighted by atomic mass is 16.3. The average molecular weight is 236 g/mol. The fourth-order valence-corrected chi connectivity index (χ4v) is 4.04. The Labute approximate surface area is 104 Å². The number of aliphatic hydroxyl groups is 1. The molecule has 0 bridgehead atoms. The van der Waals surface area contributed by atoms with E-state index in [1.54, 1.807) is 6.08 Å². The highest BCUT2D eigenvalue weighted by molar-refractivity contribution is 5.97. The van der Waals surface area contributed by atoms with Crippen LogP contribution >= 0.6 is 0 Å². The summed E-state index contributed by atoms with van der Waals surface area (Å²) in [5.41, 5.74) is 0.551. The third-order valence-corrected chi connectivity index (χ3v) is 5.13. The molecule has 17 heavy (non-hydrogen) atoms. The molecule has 2 nitrogen and oxygen atoms in total. The second-order valence-electron chi connectivity index (χ2n) is 6.34. The van der Waals surface area contributed by atoms with E-state index in [0.29, 0.717) is 24.2 Å². The highest BCUT2D eigenvalue weighted by Crippen LogP contribution is 2.56. The first-order valence-electron chi connectivity index (χ1n) is 6.80. The minimum Gasteiger partial charge on any atom is -0.389 e. The van der Waals surface area contributed by atoms with Crippen LogP contribution in [0.15, 0.2) is 11.6 Å². The Balaban J connectivity index is 2.43. The van der Waals surface area contributed by atoms with Crippen LogP contribution in [0.25, 0.3) is 0 Å². The molecule has 2 aliphatic carbocycles. The van der Waals surface area contributed by atoms with Crippen molar-refractivity contribution in [3.05, 3.63) is 11.6 Å². The Morgan fingerprint density at radius 1 is 1.41 bits per heavy atom. The zero-order valence-corrected chi connectivity index (χ0v) is 11.4. The van der Waals surface area contributed by atoms with E-state index in [-0.39, 0.29) is 11.2 Å². The number of carbonyl (C=O) groups is 1. The van der Waals surface area contributed by atoms with Crippen molar-refractivity contribution in [2.75, 3.05) is 0 Å². The average Bonchev–Trinajstić information content (AvgIpc) is 2.55.